The molecule has 2 heterocycles. The molecule has 0 fully saturated rings. The van der Waals surface area contributed by atoms with Crippen LogP contribution >= 0.6 is 11.3 Å². The molecule has 1 aromatic carbocycles. The van der Waals surface area contributed by atoms with Crippen LogP contribution < -0.4 is 10.1 Å². The normalized spacial score (nSPS) is 13.7. The van der Waals surface area contributed by atoms with Gasteiger partial charge in [-0.2, -0.15) is 0 Å². The largest absolute Gasteiger partial charge is 0.486 e. The molecule has 2 aromatic heterocycles. The van der Waals surface area contributed by atoms with Crippen LogP contribution in [-0.4, -0.2) is 15.5 Å². The van der Waals surface area contributed by atoms with Gasteiger partial charge in [0.05, 0.1) is 4.88 Å². The van der Waals surface area contributed by atoms with E-state index in [1.54, 1.807) is 17.5 Å². The molecule has 0 atom stereocenters. The second-order valence-electron chi connectivity index (χ2n) is 6.84. The summed E-state index contributed by atoms with van der Waals surface area (Å²) in [6, 6.07) is 9.53. The molecule has 1 aliphatic carbocycles. The number of hydrogen-bond donors (Lipinski definition) is 1. The van der Waals surface area contributed by atoms with Gasteiger partial charge in [-0.3, -0.25) is 4.79 Å². The summed E-state index contributed by atoms with van der Waals surface area (Å²) in [4.78, 5) is 19.0. The van der Waals surface area contributed by atoms with Gasteiger partial charge in [0, 0.05) is 30.0 Å². The number of benzene rings is 1. The molecule has 6 heteroatoms. The number of thiophene rings is 1. The van der Waals surface area contributed by atoms with Gasteiger partial charge < -0.3 is 14.6 Å². The van der Waals surface area contributed by atoms with Gasteiger partial charge in [-0.05, 0) is 61.6 Å². The van der Waals surface area contributed by atoms with Crippen LogP contribution in [0.25, 0.3) is 0 Å². The summed E-state index contributed by atoms with van der Waals surface area (Å²) in [7, 11) is 1.94. The second-order valence-corrected chi connectivity index (χ2v) is 7.98. The number of aryl methyl sites for hydroxylation is 3. The minimum Gasteiger partial charge on any atom is -0.486 e. The number of hydrogen-bond acceptors (Lipinski definition) is 4. The van der Waals surface area contributed by atoms with Crippen molar-refractivity contribution in [1.29, 1.82) is 0 Å². The Kier molecular flexibility index (Phi) is 5.25. The fourth-order valence-corrected chi connectivity index (χ4v) is 4.44. The Morgan fingerprint density at radius 2 is 2.04 bits per heavy atom. The van der Waals surface area contributed by atoms with Crippen molar-refractivity contribution in [3.63, 3.8) is 0 Å². The van der Waals surface area contributed by atoms with Crippen molar-refractivity contribution in [3.05, 3.63) is 63.9 Å². The number of nitrogens with one attached hydrogen (secondary N) is 1. The summed E-state index contributed by atoms with van der Waals surface area (Å²) in [6.07, 6.45) is 9.59. The first kappa shape index (κ1) is 17.8. The van der Waals surface area contributed by atoms with Gasteiger partial charge >= 0.3 is 0 Å². The lowest BCUT2D eigenvalue weighted by atomic mass is 10.1. The van der Waals surface area contributed by atoms with Crippen LogP contribution in [0.4, 0.5) is 5.69 Å². The lowest BCUT2D eigenvalue weighted by Crippen LogP contribution is -2.10. The van der Waals surface area contributed by atoms with E-state index in [0.29, 0.717) is 6.61 Å². The van der Waals surface area contributed by atoms with Crippen LogP contribution in [0.15, 0.2) is 42.7 Å². The summed E-state index contributed by atoms with van der Waals surface area (Å²) in [6.45, 7) is 0.413. The SMILES string of the molecule is Cn1ccnc1COc1ccc(NC(=O)c2cc3c(s2)CCCCC3)cc1. The molecule has 0 radical (unpaired) electrons. The number of aromatic nitrogens is 2. The molecule has 1 amide bonds. The highest BCUT2D eigenvalue weighted by Gasteiger charge is 2.16. The Morgan fingerprint density at radius 1 is 1.22 bits per heavy atom. The first-order valence-corrected chi connectivity index (χ1v) is 10.1. The Morgan fingerprint density at radius 3 is 2.81 bits per heavy atom. The number of carbonyl (C=O) groups excluding carboxylic acids is 1. The van der Waals surface area contributed by atoms with E-state index >= 15 is 0 Å². The van der Waals surface area contributed by atoms with Gasteiger partial charge in [0.25, 0.3) is 5.91 Å². The number of nitrogens with zero attached hydrogens (tertiary/aromatic N) is 2. The molecule has 140 valence electrons. The molecule has 0 unspecified atom stereocenters. The average molecular weight is 382 g/mol. The molecule has 5 nitrogen and oxygen atoms in total. The predicted molar refractivity (Wildman–Crippen MR) is 108 cm³/mol. The first-order chi connectivity index (χ1) is 13.2. The van der Waals surface area contributed by atoms with Crippen molar-refractivity contribution in [2.24, 2.45) is 7.05 Å². The number of amides is 1. The van der Waals surface area contributed by atoms with Crippen LogP contribution in [0.1, 0.15) is 45.2 Å². The van der Waals surface area contributed by atoms with Gasteiger partial charge in [-0.25, -0.2) is 4.98 Å². The zero-order valence-electron chi connectivity index (χ0n) is 15.4. The van der Waals surface area contributed by atoms with E-state index in [4.69, 9.17) is 4.74 Å². The van der Waals surface area contributed by atoms with Gasteiger partial charge in [0.2, 0.25) is 0 Å². The van der Waals surface area contributed by atoms with Gasteiger partial charge in [-0.15, -0.1) is 11.3 Å². The lowest BCUT2D eigenvalue weighted by molar-refractivity contribution is 0.103. The smallest absolute Gasteiger partial charge is 0.265 e. The fourth-order valence-electron chi connectivity index (χ4n) is 3.29. The third kappa shape index (κ3) is 4.22. The number of carbonyl (C=O) groups is 1. The van der Waals surface area contributed by atoms with Crippen LogP contribution in [0.2, 0.25) is 0 Å². The first-order valence-electron chi connectivity index (χ1n) is 9.31. The van der Waals surface area contributed by atoms with Crippen molar-refractivity contribution >= 4 is 22.9 Å². The van der Waals surface area contributed by atoms with Crippen molar-refractivity contribution in [1.82, 2.24) is 9.55 Å². The Balaban J connectivity index is 1.36. The minimum absolute atomic E-state index is 0.0326. The standard InChI is InChI=1S/C21H23N3O2S/c1-24-12-11-22-20(24)14-26-17-9-7-16(8-10-17)23-21(25)19-13-15-5-3-2-4-6-18(15)27-19/h7-13H,2-6,14H2,1H3,(H,23,25). The fraction of sp³-hybridized carbons (Fsp3) is 0.333. The van der Waals surface area contributed by atoms with E-state index in [-0.39, 0.29) is 5.91 Å². The number of fused-ring (bicyclic) bond motifs is 1. The molecule has 0 aliphatic heterocycles. The minimum atomic E-state index is -0.0326. The molecule has 0 bridgehead atoms. The molecule has 0 spiro atoms. The number of anilines is 1. The summed E-state index contributed by atoms with van der Waals surface area (Å²) < 4.78 is 7.68. The van der Waals surface area contributed by atoms with E-state index < -0.39 is 0 Å². The lowest BCUT2D eigenvalue weighted by Gasteiger charge is -2.08. The zero-order valence-corrected chi connectivity index (χ0v) is 16.2. The van der Waals surface area contributed by atoms with E-state index in [0.717, 1.165) is 35.0 Å². The Labute approximate surface area is 163 Å². The van der Waals surface area contributed by atoms with Gasteiger partial charge in [-0.1, -0.05) is 6.42 Å². The van der Waals surface area contributed by atoms with Crippen molar-refractivity contribution < 1.29 is 9.53 Å². The van der Waals surface area contributed by atoms with E-state index in [1.807, 2.05) is 42.1 Å². The Bertz CT molecular complexity index is 904. The summed E-state index contributed by atoms with van der Waals surface area (Å²) >= 11 is 1.64. The highest BCUT2D eigenvalue weighted by atomic mass is 32.1. The predicted octanol–water partition coefficient (Wildman–Crippen LogP) is 4.58. The molecule has 27 heavy (non-hydrogen) atoms. The van der Waals surface area contributed by atoms with E-state index in [1.165, 1.54) is 29.7 Å². The van der Waals surface area contributed by atoms with E-state index in [2.05, 4.69) is 16.4 Å². The maximum absolute atomic E-state index is 12.6. The van der Waals surface area contributed by atoms with Crippen LogP contribution in [-0.2, 0) is 26.5 Å². The highest BCUT2D eigenvalue weighted by molar-refractivity contribution is 7.14. The monoisotopic (exact) mass is 381 g/mol. The molecular formula is C21H23N3O2S. The summed E-state index contributed by atoms with van der Waals surface area (Å²) in [5.41, 5.74) is 2.13. The molecule has 1 aliphatic rings. The van der Waals surface area contributed by atoms with Crippen LogP contribution in [0.5, 0.6) is 5.75 Å². The summed E-state index contributed by atoms with van der Waals surface area (Å²) in [5.74, 6) is 1.58. The molecule has 0 saturated carbocycles. The maximum atomic E-state index is 12.6. The number of rotatable bonds is 5. The quantitative estimate of drug-likeness (QED) is 0.658. The molecule has 4 rings (SSSR count). The van der Waals surface area contributed by atoms with Crippen molar-refractivity contribution in [3.8, 4) is 5.75 Å². The van der Waals surface area contributed by atoms with Crippen molar-refractivity contribution in [2.45, 2.75) is 38.7 Å². The molecular weight excluding hydrogens is 358 g/mol. The van der Waals surface area contributed by atoms with E-state index in [9.17, 15) is 4.79 Å². The number of ether oxygens (including phenoxy) is 1. The topological polar surface area (TPSA) is 56.1 Å². The Hall–Kier alpha value is -2.60. The van der Waals surface area contributed by atoms with Crippen LogP contribution in [0.3, 0.4) is 0 Å². The molecule has 0 saturated heterocycles. The summed E-state index contributed by atoms with van der Waals surface area (Å²) in [5, 5.41) is 2.99. The van der Waals surface area contributed by atoms with Gasteiger partial charge in [0.15, 0.2) is 0 Å². The third-order valence-electron chi connectivity index (χ3n) is 4.87. The third-order valence-corrected chi connectivity index (χ3v) is 6.11. The van der Waals surface area contributed by atoms with Crippen molar-refractivity contribution in [2.75, 3.05) is 5.32 Å². The molecule has 1 N–H and O–H groups in total. The number of imidazole rings is 1. The maximum Gasteiger partial charge on any atom is 0.265 e. The average Bonchev–Trinajstić information content (AvgIpc) is 3.21. The van der Waals surface area contributed by atoms with Crippen LogP contribution in [0, 0.1) is 0 Å². The molecule has 3 aromatic rings. The second kappa shape index (κ2) is 7.96. The highest BCUT2D eigenvalue weighted by Crippen LogP contribution is 2.29. The van der Waals surface area contributed by atoms with Gasteiger partial charge in [0.1, 0.15) is 18.2 Å². The zero-order chi connectivity index (χ0) is 18.6.